The van der Waals surface area contributed by atoms with Crippen LogP contribution in [0, 0.1) is 15.9 Å². The first-order chi connectivity index (χ1) is 7.95. The molecule has 0 saturated carbocycles. The first-order valence-electron chi connectivity index (χ1n) is 4.90. The summed E-state index contributed by atoms with van der Waals surface area (Å²) in [5.41, 5.74) is 4.67. The van der Waals surface area contributed by atoms with Crippen molar-refractivity contribution in [3.63, 3.8) is 0 Å². The number of nitro groups is 1. The van der Waals surface area contributed by atoms with E-state index in [0.717, 1.165) is 12.1 Å². The standard InChI is InChI=1S/C10H12FN3O3/c1-6(5-12)13-10(15)8-3-2-7(14(16)17)4-9(8)11/h2-4,6H,5,12H2,1H3,(H,13,15). The van der Waals surface area contributed by atoms with Crippen molar-refractivity contribution in [2.24, 2.45) is 5.73 Å². The second-order valence-electron chi connectivity index (χ2n) is 3.53. The SMILES string of the molecule is CC(CN)NC(=O)c1ccc([N+](=O)[O-])cc1F. The van der Waals surface area contributed by atoms with Gasteiger partial charge in [-0.05, 0) is 13.0 Å². The van der Waals surface area contributed by atoms with Crippen molar-refractivity contribution in [3.05, 3.63) is 39.7 Å². The van der Waals surface area contributed by atoms with E-state index in [4.69, 9.17) is 5.73 Å². The quantitative estimate of drug-likeness (QED) is 0.602. The molecule has 1 rings (SSSR count). The molecule has 0 radical (unpaired) electrons. The largest absolute Gasteiger partial charge is 0.348 e. The summed E-state index contributed by atoms with van der Waals surface area (Å²) in [6.07, 6.45) is 0. The van der Waals surface area contributed by atoms with E-state index in [9.17, 15) is 19.3 Å². The van der Waals surface area contributed by atoms with Crippen LogP contribution < -0.4 is 11.1 Å². The molecule has 0 saturated heterocycles. The molecular formula is C10H12FN3O3. The third-order valence-corrected chi connectivity index (χ3v) is 2.14. The Kier molecular flexibility index (Phi) is 4.11. The molecule has 1 unspecified atom stereocenters. The number of hydrogen-bond acceptors (Lipinski definition) is 4. The Morgan fingerprint density at radius 2 is 2.29 bits per heavy atom. The fourth-order valence-electron chi connectivity index (χ4n) is 1.16. The third-order valence-electron chi connectivity index (χ3n) is 2.14. The van der Waals surface area contributed by atoms with E-state index in [0.29, 0.717) is 6.07 Å². The maximum absolute atomic E-state index is 13.4. The third kappa shape index (κ3) is 3.22. The van der Waals surface area contributed by atoms with Crippen LogP contribution >= 0.6 is 0 Å². The van der Waals surface area contributed by atoms with E-state index in [-0.39, 0.29) is 18.2 Å². The lowest BCUT2D eigenvalue weighted by Gasteiger charge is -2.11. The van der Waals surface area contributed by atoms with E-state index in [2.05, 4.69) is 5.32 Å². The number of carbonyl (C=O) groups is 1. The van der Waals surface area contributed by atoms with Gasteiger partial charge in [-0.1, -0.05) is 0 Å². The van der Waals surface area contributed by atoms with Gasteiger partial charge in [-0.15, -0.1) is 0 Å². The zero-order chi connectivity index (χ0) is 13.0. The van der Waals surface area contributed by atoms with Crippen LogP contribution in [0.15, 0.2) is 18.2 Å². The summed E-state index contributed by atoms with van der Waals surface area (Å²) in [6.45, 7) is 1.89. The summed E-state index contributed by atoms with van der Waals surface area (Å²) in [5, 5.41) is 12.8. The number of benzene rings is 1. The Labute approximate surface area is 96.8 Å². The zero-order valence-electron chi connectivity index (χ0n) is 9.14. The topological polar surface area (TPSA) is 98.3 Å². The van der Waals surface area contributed by atoms with Gasteiger partial charge in [0.1, 0.15) is 5.82 Å². The monoisotopic (exact) mass is 241 g/mol. The van der Waals surface area contributed by atoms with Crippen molar-refractivity contribution in [2.45, 2.75) is 13.0 Å². The number of nitrogens with two attached hydrogens (primary N) is 1. The Hall–Kier alpha value is -2.02. The summed E-state index contributed by atoms with van der Waals surface area (Å²) >= 11 is 0. The van der Waals surface area contributed by atoms with E-state index < -0.39 is 22.3 Å². The van der Waals surface area contributed by atoms with Gasteiger partial charge in [0.25, 0.3) is 11.6 Å². The van der Waals surface area contributed by atoms with Gasteiger partial charge < -0.3 is 11.1 Å². The molecule has 0 spiro atoms. The number of hydrogen-bond donors (Lipinski definition) is 2. The molecule has 0 aliphatic carbocycles. The Morgan fingerprint density at radius 3 is 2.76 bits per heavy atom. The molecule has 1 aromatic rings. The molecule has 1 aromatic carbocycles. The van der Waals surface area contributed by atoms with E-state index in [1.807, 2.05) is 0 Å². The molecular weight excluding hydrogens is 229 g/mol. The first kappa shape index (κ1) is 13.0. The molecule has 17 heavy (non-hydrogen) atoms. The number of non-ortho nitro benzene ring substituents is 1. The number of nitrogens with zero attached hydrogens (tertiary/aromatic N) is 1. The van der Waals surface area contributed by atoms with Crippen molar-refractivity contribution >= 4 is 11.6 Å². The van der Waals surface area contributed by atoms with Gasteiger partial charge >= 0.3 is 0 Å². The Morgan fingerprint density at radius 1 is 1.65 bits per heavy atom. The Bertz CT molecular complexity index is 450. The number of carbonyl (C=O) groups excluding carboxylic acids is 1. The lowest BCUT2D eigenvalue weighted by molar-refractivity contribution is -0.385. The molecule has 0 fully saturated rings. The van der Waals surface area contributed by atoms with Gasteiger partial charge in [0, 0.05) is 18.7 Å². The number of nitrogens with one attached hydrogen (secondary N) is 1. The fraction of sp³-hybridized carbons (Fsp3) is 0.300. The highest BCUT2D eigenvalue weighted by molar-refractivity contribution is 5.94. The first-order valence-corrected chi connectivity index (χ1v) is 4.90. The van der Waals surface area contributed by atoms with E-state index in [1.165, 1.54) is 0 Å². The van der Waals surface area contributed by atoms with Crippen molar-refractivity contribution in [3.8, 4) is 0 Å². The number of halogens is 1. The van der Waals surface area contributed by atoms with Crippen LogP contribution in [-0.2, 0) is 0 Å². The smallest absolute Gasteiger partial charge is 0.272 e. The number of rotatable bonds is 4. The van der Waals surface area contributed by atoms with Crippen LogP contribution in [0.3, 0.4) is 0 Å². The highest BCUT2D eigenvalue weighted by Crippen LogP contribution is 2.16. The minimum absolute atomic E-state index is 0.223. The second-order valence-corrected chi connectivity index (χ2v) is 3.53. The molecule has 1 atom stereocenters. The highest BCUT2D eigenvalue weighted by atomic mass is 19.1. The molecule has 0 aliphatic rings. The molecule has 0 bridgehead atoms. The summed E-state index contributed by atoms with van der Waals surface area (Å²) in [6, 6.07) is 2.57. The predicted molar refractivity (Wildman–Crippen MR) is 59.0 cm³/mol. The average Bonchev–Trinajstić information content (AvgIpc) is 2.28. The van der Waals surface area contributed by atoms with Gasteiger partial charge in [0.15, 0.2) is 0 Å². The lowest BCUT2D eigenvalue weighted by Crippen LogP contribution is -2.38. The highest BCUT2D eigenvalue weighted by Gasteiger charge is 2.16. The molecule has 1 amide bonds. The summed E-state index contributed by atoms with van der Waals surface area (Å²) in [5.74, 6) is -1.57. The Balaban J connectivity index is 2.92. The molecule has 3 N–H and O–H groups in total. The summed E-state index contributed by atoms with van der Waals surface area (Å²) < 4.78 is 13.4. The zero-order valence-corrected chi connectivity index (χ0v) is 9.14. The van der Waals surface area contributed by atoms with Crippen molar-refractivity contribution in [1.82, 2.24) is 5.32 Å². The number of amides is 1. The lowest BCUT2D eigenvalue weighted by atomic mass is 10.1. The van der Waals surface area contributed by atoms with Crippen molar-refractivity contribution < 1.29 is 14.1 Å². The predicted octanol–water partition coefficient (Wildman–Crippen LogP) is 0.811. The van der Waals surface area contributed by atoms with Crippen LogP contribution in [0.5, 0.6) is 0 Å². The molecule has 7 heteroatoms. The van der Waals surface area contributed by atoms with Gasteiger partial charge in [-0.25, -0.2) is 4.39 Å². The molecule has 0 aromatic heterocycles. The maximum atomic E-state index is 13.4. The van der Waals surface area contributed by atoms with Crippen LogP contribution in [0.25, 0.3) is 0 Å². The van der Waals surface area contributed by atoms with E-state index >= 15 is 0 Å². The van der Waals surface area contributed by atoms with Gasteiger partial charge in [0.05, 0.1) is 16.6 Å². The van der Waals surface area contributed by atoms with Crippen LogP contribution in [0.2, 0.25) is 0 Å². The van der Waals surface area contributed by atoms with Crippen LogP contribution in [0.4, 0.5) is 10.1 Å². The minimum Gasteiger partial charge on any atom is -0.348 e. The van der Waals surface area contributed by atoms with Gasteiger partial charge in [-0.3, -0.25) is 14.9 Å². The van der Waals surface area contributed by atoms with E-state index in [1.54, 1.807) is 6.92 Å². The molecule has 0 aliphatic heterocycles. The van der Waals surface area contributed by atoms with Crippen molar-refractivity contribution in [1.29, 1.82) is 0 Å². The van der Waals surface area contributed by atoms with Crippen LogP contribution in [0.1, 0.15) is 17.3 Å². The van der Waals surface area contributed by atoms with Gasteiger partial charge in [0.2, 0.25) is 0 Å². The summed E-state index contributed by atoms with van der Waals surface area (Å²) in [7, 11) is 0. The minimum atomic E-state index is -0.930. The molecule has 0 heterocycles. The number of nitro benzene ring substituents is 1. The maximum Gasteiger partial charge on any atom is 0.272 e. The summed E-state index contributed by atoms with van der Waals surface area (Å²) in [4.78, 5) is 21.2. The molecule has 6 nitrogen and oxygen atoms in total. The van der Waals surface area contributed by atoms with Gasteiger partial charge in [-0.2, -0.15) is 0 Å². The van der Waals surface area contributed by atoms with Crippen LogP contribution in [-0.4, -0.2) is 23.4 Å². The normalized spacial score (nSPS) is 11.9. The second kappa shape index (κ2) is 5.35. The van der Waals surface area contributed by atoms with Crippen molar-refractivity contribution in [2.75, 3.05) is 6.54 Å². The fourth-order valence-corrected chi connectivity index (χ4v) is 1.16. The average molecular weight is 241 g/mol. The molecule has 92 valence electrons.